The number of rotatable bonds is 4. The van der Waals surface area contributed by atoms with Crippen molar-refractivity contribution in [3.8, 4) is 11.5 Å². The smallest absolute Gasteiger partial charge is 0.233 e. The summed E-state index contributed by atoms with van der Waals surface area (Å²) in [5.74, 6) is 2.19. The van der Waals surface area contributed by atoms with Gasteiger partial charge in [0.2, 0.25) is 5.91 Å². The number of nitrogens with zero attached hydrogens (tertiary/aromatic N) is 1. The van der Waals surface area contributed by atoms with Crippen molar-refractivity contribution in [3.63, 3.8) is 0 Å². The fraction of sp³-hybridized carbons (Fsp3) is 0.381. The molecule has 0 unspecified atom stereocenters. The molecule has 1 saturated heterocycles. The average Bonchev–Trinajstić information content (AvgIpc) is 3.06. The van der Waals surface area contributed by atoms with Crippen LogP contribution in [0.2, 0.25) is 5.02 Å². The van der Waals surface area contributed by atoms with Gasteiger partial charge in [0.1, 0.15) is 0 Å². The summed E-state index contributed by atoms with van der Waals surface area (Å²) in [6.45, 7) is 2.16. The molecule has 6 heteroatoms. The van der Waals surface area contributed by atoms with Crippen molar-refractivity contribution < 1.29 is 14.3 Å². The number of amides is 1. The number of benzene rings is 2. The molecule has 0 radical (unpaired) electrons. The van der Waals surface area contributed by atoms with Crippen molar-refractivity contribution in [1.82, 2.24) is 4.90 Å². The van der Waals surface area contributed by atoms with E-state index in [-0.39, 0.29) is 11.9 Å². The van der Waals surface area contributed by atoms with E-state index in [2.05, 4.69) is 6.07 Å². The minimum absolute atomic E-state index is 0.112. The highest BCUT2D eigenvalue weighted by atomic mass is 35.5. The van der Waals surface area contributed by atoms with Gasteiger partial charge in [-0.2, -0.15) is 0 Å². The Labute approximate surface area is 168 Å². The van der Waals surface area contributed by atoms with E-state index in [1.807, 2.05) is 41.3 Å². The van der Waals surface area contributed by atoms with E-state index in [0.29, 0.717) is 24.0 Å². The molecule has 2 aliphatic heterocycles. The minimum atomic E-state index is 0.112. The third kappa shape index (κ3) is 4.36. The van der Waals surface area contributed by atoms with Gasteiger partial charge in [0.05, 0.1) is 25.0 Å². The van der Waals surface area contributed by atoms with Gasteiger partial charge in [0.25, 0.3) is 0 Å². The van der Waals surface area contributed by atoms with E-state index in [1.165, 1.54) is 0 Å². The largest absolute Gasteiger partial charge is 0.490 e. The molecule has 0 aromatic heterocycles. The molecular weight excluding hydrogens is 382 g/mol. The summed E-state index contributed by atoms with van der Waals surface area (Å²) >= 11 is 7.47. The second-order valence-corrected chi connectivity index (χ2v) is 8.23. The number of carbonyl (C=O) groups is 1. The maximum atomic E-state index is 12.8. The fourth-order valence-corrected chi connectivity index (χ4v) is 4.47. The highest BCUT2D eigenvalue weighted by Crippen LogP contribution is 2.38. The summed E-state index contributed by atoms with van der Waals surface area (Å²) < 4.78 is 11.5. The first-order valence-electron chi connectivity index (χ1n) is 9.28. The van der Waals surface area contributed by atoms with E-state index in [0.717, 1.165) is 47.8 Å². The normalized spacial score (nSPS) is 19.0. The van der Waals surface area contributed by atoms with Crippen LogP contribution < -0.4 is 9.47 Å². The number of fused-ring (bicyclic) bond motifs is 1. The second-order valence-electron chi connectivity index (χ2n) is 6.74. The molecule has 1 atom stereocenters. The molecule has 0 spiro atoms. The van der Waals surface area contributed by atoms with Crippen LogP contribution in [0.25, 0.3) is 0 Å². The van der Waals surface area contributed by atoms with Crippen molar-refractivity contribution in [2.24, 2.45) is 0 Å². The molecule has 2 heterocycles. The van der Waals surface area contributed by atoms with Gasteiger partial charge < -0.3 is 14.4 Å². The number of hydrogen-bond acceptors (Lipinski definition) is 4. The Hall–Kier alpha value is -1.85. The van der Waals surface area contributed by atoms with Crippen LogP contribution in [-0.4, -0.2) is 36.3 Å². The van der Waals surface area contributed by atoms with E-state index >= 15 is 0 Å². The van der Waals surface area contributed by atoms with E-state index in [1.54, 1.807) is 11.8 Å². The zero-order valence-electron chi connectivity index (χ0n) is 15.0. The molecule has 0 N–H and O–H groups in total. The van der Waals surface area contributed by atoms with Crippen molar-refractivity contribution in [3.05, 3.63) is 53.1 Å². The lowest BCUT2D eigenvalue weighted by molar-refractivity contribution is -0.129. The Morgan fingerprint density at radius 2 is 1.85 bits per heavy atom. The van der Waals surface area contributed by atoms with Crippen molar-refractivity contribution in [1.29, 1.82) is 0 Å². The number of ether oxygens (including phenoxy) is 2. The molecule has 4 rings (SSSR count). The number of hydrogen-bond donors (Lipinski definition) is 0. The molecule has 2 aromatic carbocycles. The first kappa shape index (κ1) is 18.5. The van der Waals surface area contributed by atoms with Crippen LogP contribution in [0.4, 0.5) is 0 Å². The molecular formula is C21H22ClNO3S. The number of likely N-dealkylation sites (tertiary alicyclic amines) is 1. The Morgan fingerprint density at radius 1 is 1.07 bits per heavy atom. The first-order chi connectivity index (χ1) is 13.2. The summed E-state index contributed by atoms with van der Waals surface area (Å²) in [5.41, 5.74) is 1.13. The predicted octanol–water partition coefficient (Wildman–Crippen LogP) is 4.96. The Balaban J connectivity index is 1.44. The van der Waals surface area contributed by atoms with Crippen molar-refractivity contribution >= 4 is 29.3 Å². The first-order valence-corrected chi connectivity index (χ1v) is 10.6. The molecule has 1 fully saturated rings. The molecule has 27 heavy (non-hydrogen) atoms. The lowest BCUT2D eigenvalue weighted by atomic mass is 10.0. The molecule has 1 amide bonds. The summed E-state index contributed by atoms with van der Waals surface area (Å²) in [4.78, 5) is 15.9. The third-order valence-corrected chi connectivity index (χ3v) is 6.15. The van der Waals surface area contributed by atoms with Gasteiger partial charge >= 0.3 is 0 Å². The van der Waals surface area contributed by atoms with Crippen LogP contribution >= 0.6 is 23.4 Å². The maximum absolute atomic E-state index is 12.8. The lowest BCUT2D eigenvalue weighted by Gasteiger charge is -2.25. The monoisotopic (exact) mass is 403 g/mol. The van der Waals surface area contributed by atoms with Gasteiger partial charge in [-0.3, -0.25) is 4.79 Å². The summed E-state index contributed by atoms with van der Waals surface area (Å²) in [7, 11) is 0. The van der Waals surface area contributed by atoms with Crippen molar-refractivity contribution in [2.75, 3.05) is 25.5 Å². The van der Waals surface area contributed by atoms with E-state index < -0.39 is 0 Å². The van der Waals surface area contributed by atoms with Crippen LogP contribution in [0.3, 0.4) is 0 Å². The number of halogens is 1. The second kappa shape index (κ2) is 8.44. The topological polar surface area (TPSA) is 38.8 Å². The third-order valence-electron chi connectivity index (χ3n) is 4.91. The molecule has 2 aromatic rings. The van der Waals surface area contributed by atoms with Crippen LogP contribution in [0.15, 0.2) is 47.4 Å². The number of thioether (sulfide) groups is 1. The van der Waals surface area contributed by atoms with Crippen molar-refractivity contribution in [2.45, 2.75) is 30.2 Å². The SMILES string of the molecule is O=C(CSc1ccc(Cl)cc1)N1CCC[C@H]1c1ccc2c(c1)OCCCO2. The predicted molar refractivity (Wildman–Crippen MR) is 108 cm³/mol. The molecule has 0 saturated carbocycles. The maximum Gasteiger partial charge on any atom is 0.233 e. The van der Waals surface area contributed by atoms with E-state index in [4.69, 9.17) is 21.1 Å². The Kier molecular flexibility index (Phi) is 5.79. The van der Waals surface area contributed by atoms with Gasteiger partial charge in [-0.1, -0.05) is 17.7 Å². The average molecular weight is 404 g/mol. The van der Waals surface area contributed by atoms with Crippen LogP contribution in [-0.2, 0) is 4.79 Å². The molecule has 4 nitrogen and oxygen atoms in total. The van der Waals surface area contributed by atoms with Crippen LogP contribution in [0, 0.1) is 0 Å². The highest BCUT2D eigenvalue weighted by molar-refractivity contribution is 8.00. The van der Waals surface area contributed by atoms with Crippen LogP contribution in [0.5, 0.6) is 11.5 Å². The fourth-order valence-electron chi connectivity index (χ4n) is 3.56. The Bertz CT molecular complexity index is 812. The lowest BCUT2D eigenvalue weighted by Crippen LogP contribution is -2.32. The number of carbonyl (C=O) groups excluding carboxylic acids is 1. The minimum Gasteiger partial charge on any atom is -0.490 e. The quantitative estimate of drug-likeness (QED) is 0.676. The van der Waals surface area contributed by atoms with Gasteiger partial charge in [-0.25, -0.2) is 0 Å². The summed E-state index contributed by atoms with van der Waals surface area (Å²) in [6.07, 6.45) is 2.90. The van der Waals surface area contributed by atoms with Gasteiger partial charge in [0, 0.05) is 22.9 Å². The zero-order chi connectivity index (χ0) is 18.6. The van der Waals surface area contributed by atoms with Gasteiger partial charge in [0.15, 0.2) is 11.5 Å². The highest BCUT2D eigenvalue weighted by Gasteiger charge is 2.30. The van der Waals surface area contributed by atoms with Gasteiger partial charge in [-0.15, -0.1) is 11.8 Å². The van der Waals surface area contributed by atoms with Crippen LogP contribution in [0.1, 0.15) is 30.9 Å². The summed E-state index contributed by atoms with van der Waals surface area (Å²) in [5, 5.41) is 0.708. The molecule has 142 valence electrons. The molecule has 0 bridgehead atoms. The molecule has 2 aliphatic rings. The van der Waals surface area contributed by atoms with Gasteiger partial charge in [-0.05, 0) is 54.8 Å². The zero-order valence-corrected chi connectivity index (χ0v) is 16.6. The Morgan fingerprint density at radius 3 is 2.67 bits per heavy atom. The summed E-state index contributed by atoms with van der Waals surface area (Å²) in [6, 6.07) is 13.8. The standard InChI is InChI=1S/C21H22ClNO3S/c22-16-5-7-17(8-6-16)27-14-21(24)23-10-1-3-18(23)15-4-9-19-20(13-15)26-12-2-11-25-19/h4-9,13,18H,1-3,10-12,14H2/t18-/m0/s1. The van der Waals surface area contributed by atoms with E-state index in [9.17, 15) is 4.79 Å². The molecule has 0 aliphatic carbocycles.